The molecule has 0 unspecified atom stereocenters. The lowest BCUT2D eigenvalue weighted by atomic mass is 9.84. The van der Waals surface area contributed by atoms with Crippen molar-refractivity contribution in [1.82, 2.24) is 0 Å². The minimum Gasteiger partial charge on any atom is -0.455 e. The molecular formula is C44H26O. The summed E-state index contributed by atoms with van der Waals surface area (Å²) in [5.74, 6) is 0. The van der Waals surface area contributed by atoms with Crippen LogP contribution in [0.5, 0.6) is 0 Å². The molecule has 208 valence electrons. The third-order valence-electron chi connectivity index (χ3n) is 9.04. The van der Waals surface area contributed by atoms with E-state index in [1.807, 2.05) is 109 Å². The highest BCUT2D eigenvalue weighted by Crippen LogP contribution is 2.49. The number of fused-ring (bicyclic) bond motifs is 10. The summed E-state index contributed by atoms with van der Waals surface area (Å²) in [6.45, 7) is 0. The van der Waals surface area contributed by atoms with Crippen molar-refractivity contribution in [3.63, 3.8) is 0 Å². The normalized spacial score (nSPS) is 14.5. The molecule has 0 spiro atoms. The Bertz CT molecular complexity index is 3190. The Morgan fingerprint density at radius 3 is 1.67 bits per heavy atom. The van der Waals surface area contributed by atoms with Gasteiger partial charge in [-0.15, -0.1) is 0 Å². The van der Waals surface area contributed by atoms with Crippen molar-refractivity contribution in [1.29, 1.82) is 0 Å². The lowest BCUT2D eigenvalue weighted by Gasteiger charge is -2.19. The predicted molar refractivity (Wildman–Crippen MR) is 192 cm³/mol. The Hall–Kier alpha value is -5.92. The summed E-state index contributed by atoms with van der Waals surface area (Å²) in [6.07, 6.45) is 0. The largest absolute Gasteiger partial charge is 0.455 e. The van der Waals surface area contributed by atoms with Crippen molar-refractivity contribution >= 4 is 75.8 Å². The van der Waals surface area contributed by atoms with Crippen LogP contribution >= 0.6 is 0 Å². The van der Waals surface area contributed by atoms with Gasteiger partial charge in [0.2, 0.25) is 0 Å². The van der Waals surface area contributed by atoms with E-state index < -0.39 is 24.2 Å². The van der Waals surface area contributed by atoms with Crippen molar-refractivity contribution in [2.24, 2.45) is 0 Å². The number of rotatable bonds is 2. The van der Waals surface area contributed by atoms with Crippen LogP contribution in [0, 0.1) is 0 Å². The maximum absolute atomic E-state index is 9.50. The molecular weight excluding hydrogens is 544 g/mol. The highest BCUT2D eigenvalue weighted by Gasteiger charge is 2.22. The summed E-state index contributed by atoms with van der Waals surface area (Å²) >= 11 is 0. The van der Waals surface area contributed by atoms with E-state index in [2.05, 4.69) is 0 Å². The molecule has 1 nitrogen and oxygen atoms in total. The molecule has 1 heteroatoms. The molecule has 9 aromatic carbocycles. The van der Waals surface area contributed by atoms with E-state index in [0.717, 1.165) is 37.7 Å². The summed E-state index contributed by atoms with van der Waals surface area (Å²) in [6, 6.07) is 32.2. The first-order chi connectivity index (χ1) is 25.7. The van der Waals surface area contributed by atoms with Gasteiger partial charge in [0, 0.05) is 21.5 Å². The van der Waals surface area contributed by atoms with Gasteiger partial charge in [-0.1, -0.05) is 139 Å². The summed E-state index contributed by atoms with van der Waals surface area (Å²) in [5, 5.41) is 7.55. The molecule has 45 heavy (non-hydrogen) atoms. The minimum absolute atomic E-state index is 0.170. The fourth-order valence-electron chi connectivity index (χ4n) is 7.06. The van der Waals surface area contributed by atoms with Crippen molar-refractivity contribution in [2.45, 2.75) is 0 Å². The van der Waals surface area contributed by atoms with Crippen LogP contribution < -0.4 is 0 Å². The van der Waals surface area contributed by atoms with Gasteiger partial charge in [0.15, 0.2) is 0 Å². The van der Waals surface area contributed by atoms with Gasteiger partial charge in [0.05, 0.1) is 11.0 Å². The van der Waals surface area contributed by atoms with E-state index in [0.29, 0.717) is 38.8 Å². The average Bonchev–Trinajstić information content (AvgIpc) is 3.60. The second-order valence-electron chi connectivity index (χ2n) is 11.4. The minimum atomic E-state index is -0.437. The number of hydrogen-bond acceptors (Lipinski definition) is 1. The number of hydrogen-bond donors (Lipinski definition) is 0. The van der Waals surface area contributed by atoms with Crippen LogP contribution in [-0.4, -0.2) is 0 Å². The number of furan rings is 1. The predicted octanol–water partition coefficient (Wildman–Crippen LogP) is 12.7. The molecule has 0 fully saturated rings. The maximum Gasteiger partial charge on any atom is 0.143 e. The van der Waals surface area contributed by atoms with Gasteiger partial charge in [0.1, 0.15) is 11.2 Å². The first-order valence-corrected chi connectivity index (χ1v) is 14.9. The molecule has 0 atom stereocenters. The molecule has 10 rings (SSSR count). The average molecular weight is 579 g/mol. The molecule has 0 saturated carbocycles. The summed E-state index contributed by atoms with van der Waals surface area (Å²) < 4.78 is 80.1. The van der Waals surface area contributed by atoms with Gasteiger partial charge in [-0.25, -0.2) is 0 Å². The van der Waals surface area contributed by atoms with Crippen LogP contribution in [0.1, 0.15) is 11.0 Å². The lowest BCUT2D eigenvalue weighted by molar-refractivity contribution is 0.676. The molecule has 0 aliphatic heterocycles. The van der Waals surface area contributed by atoms with Gasteiger partial charge in [-0.05, 0) is 83.5 Å². The van der Waals surface area contributed by atoms with Gasteiger partial charge in [-0.3, -0.25) is 0 Å². The van der Waals surface area contributed by atoms with Gasteiger partial charge in [0.25, 0.3) is 0 Å². The van der Waals surface area contributed by atoms with E-state index in [4.69, 9.17) is 9.90 Å². The molecule has 1 heterocycles. The molecule has 0 saturated heterocycles. The third kappa shape index (κ3) is 3.50. The van der Waals surface area contributed by atoms with Crippen LogP contribution in [0.3, 0.4) is 0 Å². The Balaban J connectivity index is 1.53. The van der Waals surface area contributed by atoms with Gasteiger partial charge < -0.3 is 4.42 Å². The van der Waals surface area contributed by atoms with Gasteiger partial charge in [-0.2, -0.15) is 0 Å². The van der Waals surface area contributed by atoms with Gasteiger partial charge >= 0.3 is 0 Å². The monoisotopic (exact) mass is 578 g/mol. The zero-order valence-electron chi connectivity index (χ0n) is 31.8. The van der Waals surface area contributed by atoms with E-state index in [-0.39, 0.29) is 45.7 Å². The third-order valence-corrected chi connectivity index (χ3v) is 9.04. The molecule has 1 aromatic heterocycles. The van der Waals surface area contributed by atoms with Crippen LogP contribution in [0.4, 0.5) is 0 Å². The van der Waals surface area contributed by atoms with Crippen LogP contribution in [0.25, 0.3) is 98.1 Å². The van der Waals surface area contributed by atoms with E-state index in [1.54, 1.807) is 0 Å². The molecule has 0 aliphatic rings. The molecule has 0 N–H and O–H groups in total. The van der Waals surface area contributed by atoms with Crippen LogP contribution in [-0.2, 0) is 0 Å². The first kappa shape index (κ1) is 18.0. The van der Waals surface area contributed by atoms with Crippen LogP contribution in [0.2, 0.25) is 0 Å². The van der Waals surface area contributed by atoms with E-state index in [1.165, 1.54) is 0 Å². The smallest absolute Gasteiger partial charge is 0.143 e. The Morgan fingerprint density at radius 2 is 0.956 bits per heavy atom. The standard InChI is InChI=1S/C44H26O/c1-2-13-29-25-31(22-21-27(29)11-1)40-34-17-7-9-19-36(34)41(37-20-10-8-18-35(37)40)39-26-30-14-4-6-16-33(30)44-42(39)38-24-23-28-12-3-5-15-32(28)43(38)45-44/h1-26H/i7D,8D,9D,10D,17D,18D,19D,20D. The molecule has 10 aromatic rings. The highest BCUT2D eigenvalue weighted by atomic mass is 16.3. The summed E-state index contributed by atoms with van der Waals surface area (Å²) in [4.78, 5) is 0. The highest BCUT2D eigenvalue weighted by molar-refractivity contribution is 6.30. The van der Waals surface area contributed by atoms with E-state index >= 15 is 0 Å². The van der Waals surface area contributed by atoms with Crippen molar-refractivity contribution in [3.8, 4) is 22.3 Å². The SMILES string of the molecule is [2H]c1c([2H])c([2H])c2c(-c3cc4ccccc4c4oc5c6ccccc6ccc5c34)c3c([2H])c([2H])c([2H])c([2H])c3c(-c3ccc4ccccc4c3)c2c1[2H]. The second-order valence-corrected chi connectivity index (χ2v) is 11.4. The Labute approximate surface area is 270 Å². The zero-order chi connectivity index (χ0) is 36.4. The zero-order valence-corrected chi connectivity index (χ0v) is 23.8. The Morgan fingerprint density at radius 1 is 0.400 bits per heavy atom. The topological polar surface area (TPSA) is 13.1 Å². The van der Waals surface area contributed by atoms with Crippen molar-refractivity contribution in [3.05, 3.63) is 158 Å². The fraction of sp³-hybridized carbons (Fsp3) is 0. The van der Waals surface area contributed by atoms with Crippen molar-refractivity contribution in [2.75, 3.05) is 0 Å². The summed E-state index contributed by atoms with van der Waals surface area (Å²) in [7, 11) is 0. The van der Waals surface area contributed by atoms with Crippen molar-refractivity contribution < 1.29 is 15.4 Å². The second kappa shape index (κ2) is 9.29. The van der Waals surface area contributed by atoms with Crippen LogP contribution in [0.15, 0.2) is 162 Å². The molecule has 0 bridgehead atoms. The summed E-state index contributed by atoms with van der Waals surface area (Å²) in [5.41, 5.74) is 2.97. The molecule has 0 amide bonds. The molecule has 0 aliphatic carbocycles. The number of benzene rings is 9. The fourth-order valence-corrected chi connectivity index (χ4v) is 7.06. The Kier molecular flexibility index (Phi) is 3.72. The molecule has 0 radical (unpaired) electrons. The quantitative estimate of drug-likeness (QED) is 0.186. The maximum atomic E-state index is 9.50. The first-order valence-electron chi connectivity index (χ1n) is 18.9. The lowest BCUT2D eigenvalue weighted by Crippen LogP contribution is -1.92. The van der Waals surface area contributed by atoms with E-state index in [9.17, 15) is 5.48 Å².